The average molecular weight is 225 g/mol. The van der Waals surface area contributed by atoms with E-state index in [1.165, 1.54) is 6.20 Å². The molecule has 0 spiro atoms. The summed E-state index contributed by atoms with van der Waals surface area (Å²) in [5, 5.41) is 8.98. The molecule has 1 aliphatic carbocycles. The van der Waals surface area contributed by atoms with E-state index in [0.29, 0.717) is 22.8 Å². The molecule has 0 radical (unpaired) electrons. The first kappa shape index (κ1) is 11.0. The molecule has 17 heavy (non-hydrogen) atoms. The third-order valence-electron chi connectivity index (χ3n) is 2.33. The fourth-order valence-corrected chi connectivity index (χ4v) is 1.56. The van der Waals surface area contributed by atoms with Gasteiger partial charge in [0.15, 0.2) is 5.82 Å². The van der Waals surface area contributed by atoms with Crippen LogP contribution in [0, 0.1) is 11.3 Å². The zero-order valence-electron chi connectivity index (χ0n) is 9.17. The molecular formula is C12H11N5. The maximum atomic E-state index is 8.98. The Hall–Kier alpha value is -2.48. The van der Waals surface area contributed by atoms with Crippen molar-refractivity contribution in [3.8, 4) is 6.07 Å². The lowest BCUT2D eigenvalue weighted by molar-refractivity contribution is 1.01. The van der Waals surface area contributed by atoms with Gasteiger partial charge >= 0.3 is 0 Å². The highest BCUT2D eigenvalue weighted by Crippen LogP contribution is 2.19. The van der Waals surface area contributed by atoms with Crippen molar-refractivity contribution in [2.24, 2.45) is 10.7 Å². The minimum absolute atomic E-state index is 0.304. The summed E-state index contributed by atoms with van der Waals surface area (Å²) in [4.78, 5) is 12.0. The van der Waals surface area contributed by atoms with E-state index in [1.54, 1.807) is 12.4 Å². The fraction of sp³-hybridized carbons (Fsp3) is 0.167. The summed E-state index contributed by atoms with van der Waals surface area (Å²) in [6, 6.07) is 2.12. The van der Waals surface area contributed by atoms with Gasteiger partial charge in [-0.15, -0.1) is 0 Å². The summed E-state index contributed by atoms with van der Waals surface area (Å²) in [6.45, 7) is 0. The molecule has 1 aromatic rings. The van der Waals surface area contributed by atoms with Gasteiger partial charge < -0.3 is 5.73 Å². The highest BCUT2D eigenvalue weighted by molar-refractivity contribution is 6.03. The number of nitriles is 1. The Morgan fingerprint density at radius 1 is 1.35 bits per heavy atom. The summed E-state index contributed by atoms with van der Waals surface area (Å²) in [5.74, 6) is 0.742. The summed E-state index contributed by atoms with van der Waals surface area (Å²) in [5.41, 5.74) is 7.12. The van der Waals surface area contributed by atoms with Crippen molar-refractivity contribution in [1.82, 2.24) is 9.97 Å². The Balaban J connectivity index is 2.30. The van der Waals surface area contributed by atoms with Crippen LogP contribution in [0.15, 0.2) is 46.9 Å². The van der Waals surface area contributed by atoms with E-state index in [4.69, 9.17) is 11.0 Å². The smallest absolute Gasteiger partial charge is 0.172 e. The molecule has 1 aromatic heterocycles. The molecule has 0 bridgehead atoms. The fourth-order valence-electron chi connectivity index (χ4n) is 1.56. The van der Waals surface area contributed by atoms with Crippen LogP contribution in [0.1, 0.15) is 12.8 Å². The van der Waals surface area contributed by atoms with E-state index in [1.807, 2.05) is 12.2 Å². The molecular weight excluding hydrogens is 214 g/mol. The molecule has 2 N–H and O–H groups in total. The lowest BCUT2D eigenvalue weighted by Crippen LogP contribution is -2.17. The van der Waals surface area contributed by atoms with Gasteiger partial charge in [0.1, 0.15) is 5.84 Å². The SMILES string of the molecule is N#CC1=CCCC=C1C(N)=Nc1cnccn1. The number of amidine groups is 1. The lowest BCUT2D eigenvalue weighted by atomic mass is 9.98. The van der Waals surface area contributed by atoms with Gasteiger partial charge in [-0.2, -0.15) is 5.26 Å². The molecule has 1 aliphatic rings. The topological polar surface area (TPSA) is 88.0 Å². The number of nitrogens with zero attached hydrogens (tertiary/aromatic N) is 4. The second-order valence-electron chi connectivity index (χ2n) is 3.49. The molecule has 0 unspecified atom stereocenters. The molecule has 0 amide bonds. The van der Waals surface area contributed by atoms with Crippen molar-refractivity contribution in [3.05, 3.63) is 41.9 Å². The Bertz CT molecular complexity index is 534. The Morgan fingerprint density at radius 3 is 2.88 bits per heavy atom. The minimum atomic E-state index is 0.304. The van der Waals surface area contributed by atoms with Crippen LogP contribution in [-0.4, -0.2) is 15.8 Å². The number of hydrogen-bond acceptors (Lipinski definition) is 4. The quantitative estimate of drug-likeness (QED) is 0.612. The summed E-state index contributed by atoms with van der Waals surface area (Å²) < 4.78 is 0. The van der Waals surface area contributed by atoms with Gasteiger partial charge in [-0.1, -0.05) is 12.2 Å². The largest absolute Gasteiger partial charge is 0.383 e. The minimum Gasteiger partial charge on any atom is -0.383 e. The monoisotopic (exact) mass is 225 g/mol. The third kappa shape index (κ3) is 2.55. The van der Waals surface area contributed by atoms with Gasteiger partial charge in [-0.25, -0.2) is 9.98 Å². The van der Waals surface area contributed by atoms with E-state index in [0.717, 1.165) is 12.8 Å². The molecule has 0 saturated heterocycles. The predicted octanol–water partition coefficient (Wildman–Crippen LogP) is 1.64. The number of nitrogens with two attached hydrogens (primary N) is 1. The molecule has 2 rings (SSSR count). The van der Waals surface area contributed by atoms with Crippen molar-refractivity contribution in [1.29, 1.82) is 5.26 Å². The first-order chi connectivity index (χ1) is 8.31. The van der Waals surface area contributed by atoms with Gasteiger partial charge in [-0.05, 0) is 12.8 Å². The Labute approximate surface area is 99.0 Å². The Kier molecular flexibility index (Phi) is 3.26. The molecule has 0 saturated carbocycles. The first-order valence-corrected chi connectivity index (χ1v) is 5.22. The van der Waals surface area contributed by atoms with E-state index in [2.05, 4.69) is 21.0 Å². The average Bonchev–Trinajstić information content (AvgIpc) is 2.40. The van der Waals surface area contributed by atoms with Crippen molar-refractivity contribution in [2.45, 2.75) is 12.8 Å². The number of allylic oxidation sites excluding steroid dienone is 2. The highest BCUT2D eigenvalue weighted by Gasteiger charge is 2.12. The molecule has 0 fully saturated rings. The molecule has 5 nitrogen and oxygen atoms in total. The first-order valence-electron chi connectivity index (χ1n) is 5.22. The zero-order chi connectivity index (χ0) is 12.1. The molecule has 0 atom stereocenters. The van der Waals surface area contributed by atoms with Crippen LogP contribution in [0.25, 0.3) is 0 Å². The number of hydrogen-bond donors (Lipinski definition) is 1. The van der Waals surface area contributed by atoms with Gasteiger partial charge in [0, 0.05) is 18.0 Å². The number of rotatable bonds is 2. The molecule has 0 aliphatic heterocycles. The van der Waals surface area contributed by atoms with Gasteiger partial charge in [0.25, 0.3) is 0 Å². The van der Waals surface area contributed by atoms with Crippen LogP contribution in [0.3, 0.4) is 0 Å². The summed E-state index contributed by atoms with van der Waals surface area (Å²) >= 11 is 0. The lowest BCUT2D eigenvalue weighted by Gasteiger charge is -2.09. The van der Waals surface area contributed by atoms with E-state index in [-0.39, 0.29) is 0 Å². The summed E-state index contributed by atoms with van der Waals surface area (Å²) in [7, 11) is 0. The molecule has 1 heterocycles. The molecule has 5 heteroatoms. The predicted molar refractivity (Wildman–Crippen MR) is 64.3 cm³/mol. The highest BCUT2D eigenvalue weighted by atomic mass is 15.0. The van der Waals surface area contributed by atoms with Crippen molar-refractivity contribution < 1.29 is 0 Å². The number of aromatic nitrogens is 2. The van der Waals surface area contributed by atoms with Crippen LogP contribution < -0.4 is 5.73 Å². The zero-order valence-corrected chi connectivity index (χ0v) is 9.17. The van der Waals surface area contributed by atoms with Crippen molar-refractivity contribution in [3.63, 3.8) is 0 Å². The maximum Gasteiger partial charge on any atom is 0.172 e. The van der Waals surface area contributed by atoms with Gasteiger partial charge in [0.2, 0.25) is 0 Å². The Morgan fingerprint density at radius 2 is 2.18 bits per heavy atom. The standard InChI is InChI=1S/C12H11N5/c13-7-9-3-1-2-4-10(9)12(14)17-11-8-15-5-6-16-11/h3-6,8H,1-2H2,(H2,14,16,17). The van der Waals surface area contributed by atoms with Gasteiger partial charge in [0.05, 0.1) is 17.8 Å². The molecule has 0 aromatic carbocycles. The van der Waals surface area contributed by atoms with E-state index >= 15 is 0 Å². The normalized spacial score (nSPS) is 15.8. The second kappa shape index (κ2) is 5.03. The third-order valence-corrected chi connectivity index (χ3v) is 2.33. The number of aliphatic imine (C=N–C) groups is 1. The van der Waals surface area contributed by atoms with Crippen LogP contribution in [0.4, 0.5) is 5.82 Å². The second-order valence-corrected chi connectivity index (χ2v) is 3.49. The van der Waals surface area contributed by atoms with E-state index in [9.17, 15) is 0 Å². The van der Waals surface area contributed by atoms with Crippen LogP contribution in [-0.2, 0) is 0 Å². The van der Waals surface area contributed by atoms with Crippen molar-refractivity contribution >= 4 is 11.7 Å². The summed E-state index contributed by atoms with van der Waals surface area (Å²) in [6.07, 6.45) is 10.2. The van der Waals surface area contributed by atoms with Crippen LogP contribution >= 0.6 is 0 Å². The van der Waals surface area contributed by atoms with Crippen LogP contribution in [0.5, 0.6) is 0 Å². The van der Waals surface area contributed by atoms with E-state index < -0.39 is 0 Å². The van der Waals surface area contributed by atoms with Crippen molar-refractivity contribution in [2.75, 3.05) is 0 Å². The molecule has 84 valence electrons. The van der Waals surface area contributed by atoms with Crippen LogP contribution in [0.2, 0.25) is 0 Å². The maximum absolute atomic E-state index is 8.98. The van der Waals surface area contributed by atoms with Gasteiger partial charge in [-0.3, -0.25) is 4.98 Å².